The second-order valence-electron chi connectivity index (χ2n) is 5.36. The molecule has 100 valence electrons. The molecule has 0 heterocycles. The molecule has 0 unspecified atom stereocenters. The first kappa shape index (κ1) is 18.3. The molecule has 0 spiro atoms. The van der Waals surface area contributed by atoms with E-state index in [0.717, 1.165) is 6.54 Å². The third-order valence-electron chi connectivity index (χ3n) is 2.95. The molecular weight excluding hydrogens is 196 g/mol. The molecule has 0 aromatic heterocycles. The summed E-state index contributed by atoms with van der Waals surface area (Å²) in [5.74, 6) is 0. The molecule has 0 aliphatic heterocycles. The van der Waals surface area contributed by atoms with Crippen molar-refractivity contribution in [1.29, 1.82) is 0 Å². The molecule has 0 aliphatic rings. The molecule has 2 nitrogen and oxygen atoms in total. The number of rotatable bonds is 7. The van der Waals surface area contributed by atoms with Crippen molar-refractivity contribution in [3.63, 3.8) is 0 Å². The Morgan fingerprint density at radius 2 is 1.31 bits per heavy atom. The van der Waals surface area contributed by atoms with Crippen LogP contribution in [-0.2, 0) is 0 Å². The molecule has 0 rings (SSSR count). The lowest BCUT2D eigenvalue weighted by Crippen LogP contribution is -2.27. The molecule has 0 bridgehead atoms. The van der Waals surface area contributed by atoms with Crippen LogP contribution < -0.4 is 0 Å². The van der Waals surface area contributed by atoms with Crippen molar-refractivity contribution < 1.29 is 0 Å². The Hall–Kier alpha value is -0.0800. The second-order valence-corrected chi connectivity index (χ2v) is 5.36. The van der Waals surface area contributed by atoms with Crippen LogP contribution in [0.4, 0.5) is 0 Å². The van der Waals surface area contributed by atoms with Crippen LogP contribution in [0.25, 0.3) is 0 Å². The third-order valence-corrected chi connectivity index (χ3v) is 2.95. The third kappa shape index (κ3) is 12.0. The summed E-state index contributed by atoms with van der Waals surface area (Å²) in [6, 6.07) is 0. The van der Waals surface area contributed by atoms with E-state index in [9.17, 15) is 0 Å². The molecule has 0 saturated heterocycles. The molecule has 0 N–H and O–H groups in total. The Morgan fingerprint density at radius 1 is 0.875 bits per heavy atom. The Labute approximate surface area is 104 Å². The summed E-state index contributed by atoms with van der Waals surface area (Å²) in [6.45, 7) is 14.5. The van der Waals surface area contributed by atoms with E-state index in [-0.39, 0.29) is 0 Å². The monoisotopic (exact) mass is 230 g/mol. The summed E-state index contributed by atoms with van der Waals surface area (Å²) in [7, 11) is 6.49. The predicted molar refractivity (Wildman–Crippen MR) is 76.1 cm³/mol. The minimum Gasteiger partial charge on any atom is -0.309 e. The maximum atomic E-state index is 2.39. The summed E-state index contributed by atoms with van der Waals surface area (Å²) in [5, 5.41) is 0. The van der Waals surface area contributed by atoms with Gasteiger partial charge < -0.3 is 9.80 Å². The molecule has 0 aromatic carbocycles. The molecule has 0 aliphatic carbocycles. The molecule has 0 aromatic rings. The van der Waals surface area contributed by atoms with E-state index in [1.54, 1.807) is 0 Å². The zero-order valence-corrected chi connectivity index (χ0v) is 12.9. The van der Waals surface area contributed by atoms with E-state index in [2.05, 4.69) is 51.7 Å². The summed E-state index contributed by atoms with van der Waals surface area (Å²) in [5.41, 5.74) is 0.480. The molecule has 0 atom stereocenters. The molecule has 2 heteroatoms. The lowest BCUT2D eigenvalue weighted by atomic mass is 9.85. The summed E-state index contributed by atoms with van der Waals surface area (Å²) >= 11 is 0. The lowest BCUT2D eigenvalue weighted by Gasteiger charge is -2.28. The summed E-state index contributed by atoms with van der Waals surface area (Å²) in [4.78, 5) is 4.66. The van der Waals surface area contributed by atoms with Crippen molar-refractivity contribution in [1.82, 2.24) is 9.80 Å². The maximum absolute atomic E-state index is 2.39. The van der Waals surface area contributed by atoms with Crippen LogP contribution in [0.1, 0.15) is 47.5 Å². The van der Waals surface area contributed by atoms with Gasteiger partial charge in [-0.1, -0.05) is 34.6 Å². The maximum Gasteiger partial charge on any atom is -0.00168 e. The molecule has 0 radical (unpaired) electrons. The Bertz CT molecular complexity index is 142. The highest BCUT2D eigenvalue weighted by Gasteiger charge is 2.17. The second kappa shape index (κ2) is 10.1. The van der Waals surface area contributed by atoms with Crippen molar-refractivity contribution in [3.8, 4) is 0 Å². The van der Waals surface area contributed by atoms with Crippen LogP contribution in [0.3, 0.4) is 0 Å². The quantitative estimate of drug-likeness (QED) is 0.662. The van der Waals surface area contributed by atoms with E-state index in [1.165, 1.54) is 25.9 Å². The number of hydrogen-bond acceptors (Lipinski definition) is 2. The molecule has 0 saturated carbocycles. The fourth-order valence-electron chi connectivity index (χ4n) is 1.30. The van der Waals surface area contributed by atoms with Crippen molar-refractivity contribution in [2.45, 2.75) is 47.5 Å². The standard InChI is InChI=1S/C12H28N2.C2H6/c1-7-14(6)11-9-12(2,3)8-10-13(4)5;1-2/h7-11H2,1-6H3;1-2H3. The van der Waals surface area contributed by atoms with Crippen molar-refractivity contribution in [2.75, 3.05) is 40.8 Å². The summed E-state index contributed by atoms with van der Waals surface area (Å²) in [6.07, 6.45) is 2.59. The first-order valence-corrected chi connectivity index (χ1v) is 6.70. The van der Waals surface area contributed by atoms with Gasteiger partial charge in [-0.15, -0.1) is 0 Å². The van der Waals surface area contributed by atoms with E-state index in [4.69, 9.17) is 0 Å². The normalized spacial score (nSPS) is 11.6. The van der Waals surface area contributed by atoms with E-state index in [1.807, 2.05) is 13.8 Å². The topological polar surface area (TPSA) is 6.48 Å². The van der Waals surface area contributed by atoms with Crippen molar-refractivity contribution in [2.24, 2.45) is 5.41 Å². The highest BCUT2D eigenvalue weighted by molar-refractivity contribution is 4.71. The van der Waals surface area contributed by atoms with Crippen LogP contribution in [0.5, 0.6) is 0 Å². The zero-order chi connectivity index (χ0) is 13.2. The van der Waals surface area contributed by atoms with Crippen LogP contribution in [0.2, 0.25) is 0 Å². The van der Waals surface area contributed by atoms with Crippen LogP contribution in [-0.4, -0.2) is 50.6 Å². The van der Waals surface area contributed by atoms with Crippen molar-refractivity contribution in [3.05, 3.63) is 0 Å². The Balaban J connectivity index is 0. The SMILES string of the molecule is CC.CCN(C)CCC(C)(C)CCN(C)C. The van der Waals surface area contributed by atoms with Crippen LogP contribution in [0, 0.1) is 5.41 Å². The Morgan fingerprint density at radius 3 is 1.69 bits per heavy atom. The van der Waals surface area contributed by atoms with Gasteiger partial charge in [0.15, 0.2) is 0 Å². The molecule has 0 fully saturated rings. The number of nitrogens with zero attached hydrogens (tertiary/aromatic N) is 2. The van der Waals surface area contributed by atoms with Crippen molar-refractivity contribution >= 4 is 0 Å². The zero-order valence-electron chi connectivity index (χ0n) is 12.9. The largest absolute Gasteiger partial charge is 0.309 e. The predicted octanol–water partition coefficient (Wildman–Crippen LogP) is 3.33. The fraction of sp³-hybridized carbons (Fsp3) is 1.00. The minimum absolute atomic E-state index is 0.480. The molecule has 0 amide bonds. The van der Waals surface area contributed by atoms with Gasteiger partial charge in [-0.2, -0.15) is 0 Å². The van der Waals surface area contributed by atoms with Gasteiger partial charge in [0, 0.05) is 0 Å². The summed E-state index contributed by atoms with van der Waals surface area (Å²) < 4.78 is 0. The van der Waals surface area contributed by atoms with E-state index in [0.29, 0.717) is 5.41 Å². The van der Waals surface area contributed by atoms with Gasteiger partial charge in [-0.3, -0.25) is 0 Å². The van der Waals surface area contributed by atoms with E-state index < -0.39 is 0 Å². The average Bonchev–Trinajstić information content (AvgIpc) is 2.26. The highest BCUT2D eigenvalue weighted by Crippen LogP contribution is 2.25. The fourth-order valence-corrected chi connectivity index (χ4v) is 1.30. The highest BCUT2D eigenvalue weighted by atomic mass is 15.1. The molecule has 16 heavy (non-hydrogen) atoms. The van der Waals surface area contributed by atoms with Gasteiger partial charge in [-0.25, -0.2) is 0 Å². The number of hydrogen-bond donors (Lipinski definition) is 0. The van der Waals surface area contributed by atoms with Gasteiger partial charge >= 0.3 is 0 Å². The van der Waals surface area contributed by atoms with Crippen LogP contribution >= 0.6 is 0 Å². The van der Waals surface area contributed by atoms with Gasteiger partial charge in [-0.05, 0) is 59.0 Å². The smallest absolute Gasteiger partial charge is 0.00168 e. The van der Waals surface area contributed by atoms with Gasteiger partial charge in [0.05, 0.1) is 0 Å². The first-order chi connectivity index (χ1) is 7.37. The minimum atomic E-state index is 0.480. The van der Waals surface area contributed by atoms with Gasteiger partial charge in [0.25, 0.3) is 0 Å². The van der Waals surface area contributed by atoms with Gasteiger partial charge in [0.2, 0.25) is 0 Å². The Kier molecular flexibility index (Phi) is 11.5. The first-order valence-electron chi connectivity index (χ1n) is 6.70. The van der Waals surface area contributed by atoms with Gasteiger partial charge in [0.1, 0.15) is 0 Å². The van der Waals surface area contributed by atoms with E-state index >= 15 is 0 Å². The average molecular weight is 230 g/mol. The molecular formula is C14H34N2. The van der Waals surface area contributed by atoms with Crippen LogP contribution in [0.15, 0.2) is 0 Å². The lowest BCUT2D eigenvalue weighted by molar-refractivity contribution is 0.219.